The number of rotatable bonds is 5. The molecule has 1 aromatic carbocycles. The first-order valence-electron chi connectivity index (χ1n) is 6.64. The summed E-state index contributed by atoms with van der Waals surface area (Å²) in [4.78, 5) is 25.0. The third-order valence-corrected chi connectivity index (χ3v) is 3.31. The maximum absolute atomic E-state index is 11.9. The van der Waals surface area contributed by atoms with Crippen molar-refractivity contribution in [1.29, 1.82) is 0 Å². The Morgan fingerprint density at radius 2 is 2.00 bits per heavy atom. The lowest BCUT2D eigenvalue weighted by molar-refractivity contribution is -0.130. The zero-order valence-electron chi connectivity index (χ0n) is 12.4. The van der Waals surface area contributed by atoms with Crippen molar-refractivity contribution in [2.75, 3.05) is 11.9 Å². The Balaban J connectivity index is 2.57. The van der Waals surface area contributed by atoms with Gasteiger partial charge >= 0.3 is 0 Å². The number of amides is 2. The number of halogens is 1. The number of hydrogen-bond donors (Lipinski definition) is 1. The summed E-state index contributed by atoms with van der Waals surface area (Å²) in [7, 11) is 0. The van der Waals surface area contributed by atoms with E-state index >= 15 is 0 Å². The molecule has 2 amide bonds. The van der Waals surface area contributed by atoms with Crippen molar-refractivity contribution >= 4 is 29.1 Å². The molecule has 0 aromatic heterocycles. The van der Waals surface area contributed by atoms with Gasteiger partial charge in [0, 0.05) is 36.6 Å². The molecule has 1 rings (SSSR count). The third kappa shape index (κ3) is 4.85. The monoisotopic (exact) mass is 296 g/mol. The van der Waals surface area contributed by atoms with Crippen molar-refractivity contribution in [3.05, 3.63) is 28.8 Å². The first kappa shape index (κ1) is 16.5. The fourth-order valence-corrected chi connectivity index (χ4v) is 2.21. The van der Waals surface area contributed by atoms with E-state index in [0.29, 0.717) is 11.6 Å². The van der Waals surface area contributed by atoms with Crippen LogP contribution in [0, 0.1) is 6.92 Å². The molecule has 1 N–H and O–H groups in total. The minimum absolute atomic E-state index is 0.0181. The molecule has 5 heteroatoms. The first-order chi connectivity index (χ1) is 9.31. The quantitative estimate of drug-likeness (QED) is 0.907. The third-order valence-electron chi connectivity index (χ3n) is 3.07. The Hall–Kier alpha value is -1.55. The highest BCUT2D eigenvalue weighted by Gasteiger charge is 2.14. The molecule has 0 fully saturated rings. The largest absolute Gasteiger partial charge is 0.340 e. The number of nitrogens with one attached hydrogen (secondary N) is 1. The van der Waals surface area contributed by atoms with Crippen molar-refractivity contribution in [3.63, 3.8) is 0 Å². The van der Waals surface area contributed by atoms with Gasteiger partial charge in [-0.15, -0.1) is 0 Å². The Bertz CT molecular complexity index is 501. The van der Waals surface area contributed by atoms with Crippen LogP contribution in [0.1, 0.15) is 32.8 Å². The minimum Gasteiger partial charge on any atom is -0.340 e. The van der Waals surface area contributed by atoms with Crippen LogP contribution in [0.25, 0.3) is 0 Å². The van der Waals surface area contributed by atoms with Crippen LogP contribution in [0.15, 0.2) is 18.2 Å². The van der Waals surface area contributed by atoms with Gasteiger partial charge < -0.3 is 10.2 Å². The summed E-state index contributed by atoms with van der Waals surface area (Å²) < 4.78 is 0. The van der Waals surface area contributed by atoms with Crippen LogP contribution in [0.2, 0.25) is 5.02 Å². The summed E-state index contributed by atoms with van der Waals surface area (Å²) in [6.07, 6.45) is 0.278. The Morgan fingerprint density at radius 1 is 1.35 bits per heavy atom. The van der Waals surface area contributed by atoms with Gasteiger partial charge in [0.05, 0.1) is 0 Å². The Labute approximate surface area is 125 Å². The normalized spacial score (nSPS) is 10.5. The van der Waals surface area contributed by atoms with Gasteiger partial charge in [0.25, 0.3) is 0 Å². The predicted molar refractivity (Wildman–Crippen MR) is 82.0 cm³/mol. The molecule has 0 aliphatic rings. The van der Waals surface area contributed by atoms with E-state index in [2.05, 4.69) is 5.32 Å². The van der Waals surface area contributed by atoms with Crippen molar-refractivity contribution in [2.45, 2.75) is 40.2 Å². The molecule has 1 aromatic rings. The molecular weight excluding hydrogens is 276 g/mol. The van der Waals surface area contributed by atoms with E-state index in [1.165, 1.54) is 6.92 Å². The standard InChI is InChI=1S/C15H21ClN2O2/c1-10(2)18(12(4)19)8-7-15(20)17-14-6-5-13(16)9-11(14)3/h5-6,9-10H,7-8H2,1-4H3,(H,17,20). The highest BCUT2D eigenvalue weighted by atomic mass is 35.5. The van der Waals surface area contributed by atoms with E-state index < -0.39 is 0 Å². The van der Waals surface area contributed by atoms with E-state index in [4.69, 9.17) is 11.6 Å². The first-order valence-corrected chi connectivity index (χ1v) is 7.02. The van der Waals surface area contributed by atoms with E-state index in [-0.39, 0.29) is 24.3 Å². The van der Waals surface area contributed by atoms with Crippen LogP contribution in [0.4, 0.5) is 5.69 Å². The number of nitrogens with zero attached hydrogens (tertiary/aromatic N) is 1. The smallest absolute Gasteiger partial charge is 0.226 e. The Kier molecular flexibility index (Phi) is 6.02. The molecule has 4 nitrogen and oxygen atoms in total. The van der Waals surface area contributed by atoms with Crippen LogP contribution < -0.4 is 5.32 Å². The number of carbonyl (C=O) groups excluding carboxylic acids is 2. The molecule has 110 valence electrons. The molecule has 0 saturated heterocycles. The topological polar surface area (TPSA) is 49.4 Å². The summed E-state index contributed by atoms with van der Waals surface area (Å²) in [5.74, 6) is -0.127. The number of carbonyl (C=O) groups is 2. The lowest BCUT2D eigenvalue weighted by Crippen LogP contribution is -2.37. The van der Waals surface area contributed by atoms with E-state index in [9.17, 15) is 9.59 Å². The van der Waals surface area contributed by atoms with Gasteiger partial charge in [-0.2, -0.15) is 0 Å². The zero-order chi connectivity index (χ0) is 15.3. The minimum atomic E-state index is -0.109. The summed E-state index contributed by atoms with van der Waals surface area (Å²) in [5.41, 5.74) is 1.66. The SMILES string of the molecule is CC(=O)N(CCC(=O)Nc1ccc(Cl)cc1C)C(C)C. The maximum Gasteiger partial charge on any atom is 0.226 e. The van der Waals surface area contributed by atoms with Gasteiger partial charge in [0.2, 0.25) is 11.8 Å². The molecule has 0 radical (unpaired) electrons. The molecule has 0 heterocycles. The van der Waals surface area contributed by atoms with Crippen LogP contribution in [-0.4, -0.2) is 29.3 Å². The lowest BCUT2D eigenvalue weighted by atomic mass is 10.2. The van der Waals surface area contributed by atoms with Gasteiger partial charge in [-0.3, -0.25) is 9.59 Å². The molecule has 0 atom stereocenters. The summed E-state index contributed by atoms with van der Waals surface area (Å²) in [6, 6.07) is 5.41. The van der Waals surface area contributed by atoms with Gasteiger partial charge in [-0.05, 0) is 44.5 Å². The van der Waals surface area contributed by atoms with Gasteiger partial charge in [-0.25, -0.2) is 0 Å². The molecule has 0 spiro atoms. The van der Waals surface area contributed by atoms with Crippen molar-refractivity contribution in [3.8, 4) is 0 Å². The highest BCUT2D eigenvalue weighted by molar-refractivity contribution is 6.30. The highest BCUT2D eigenvalue weighted by Crippen LogP contribution is 2.19. The second kappa shape index (κ2) is 7.29. The second-order valence-electron chi connectivity index (χ2n) is 5.06. The Morgan fingerprint density at radius 3 is 2.50 bits per heavy atom. The predicted octanol–water partition coefficient (Wildman–Crippen LogP) is 3.23. The van der Waals surface area contributed by atoms with Crippen molar-refractivity contribution in [2.24, 2.45) is 0 Å². The zero-order valence-corrected chi connectivity index (χ0v) is 13.1. The average Bonchev–Trinajstić information content (AvgIpc) is 2.32. The van der Waals surface area contributed by atoms with E-state index in [0.717, 1.165) is 11.3 Å². The number of hydrogen-bond acceptors (Lipinski definition) is 2. The molecule has 0 bridgehead atoms. The van der Waals surface area contributed by atoms with E-state index in [1.807, 2.05) is 20.8 Å². The van der Waals surface area contributed by atoms with E-state index in [1.54, 1.807) is 23.1 Å². The van der Waals surface area contributed by atoms with Crippen LogP contribution in [-0.2, 0) is 9.59 Å². The average molecular weight is 297 g/mol. The fraction of sp³-hybridized carbons (Fsp3) is 0.467. The van der Waals surface area contributed by atoms with Gasteiger partial charge in [0.15, 0.2) is 0 Å². The number of benzene rings is 1. The fourth-order valence-electron chi connectivity index (χ4n) is 1.98. The lowest BCUT2D eigenvalue weighted by Gasteiger charge is -2.25. The molecule has 20 heavy (non-hydrogen) atoms. The number of anilines is 1. The van der Waals surface area contributed by atoms with Crippen molar-refractivity contribution in [1.82, 2.24) is 4.90 Å². The molecule has 0 aliphatic heterocycles. The van der Waals surface area contributed by atoms with Crippen molar-refractivity contribution < 1.29 is 9.59 Å². The molecular formula is C15H21ClN2O2. The molecule has 0 aliphatic carbocycles. The number of aryl methyl sites for hydroxylation is 1. The summed E-state index contributed by atoms with van der Waals surface area (Å²) >= 11 is 5.87. The summed E-state index contributed by atoms with van der Waals surface area (Å²) in [6.45, 7) is 7.69. The van der Waals surface area contributed by atoms with Crippen LogP contribution >= 0.6 is 11.6 Å². The second-order valence-corrected chi connectivity index (χ2v) is 5.50. The molecule has 0 saturated carbocycles. The summed E-state index contributed by atoms with van der Waals surface area (Å²) in [5, 5.41) is 3.48. The molecule has 0 unspecified atom stereocenters. The van der Waals surface area contributed by atoms with Gasteiger partial charge in [0.1, 0.15) is 0 Å². The maximum atomic E-state index is 11.9. The van der Waals surface area contributed by atoms with Gasteiger partial charge in [-0.1, -0.05) is 11.6 Å². The van der Waals surface area contributed by atoms with Crippen LogP contribution in [0.5, 0.6) is 0 Å². The van der Waals surface area contributed by atoms with Crippen LogP contribution in [0.3, 0.4) is 0 Å².